The Hall–Kier alpha value is -2.28. The predicted octanol–water partition coefficient (Wildman–Crippen LogP) is 3.37. The van der Waals surface area contributed by atoms with Gasteiger partial charge in [0.1, 0.15) is 5.82 Å². The highest BCUT2D eigenvalue weighted by molar-refractivity contribution is 7.92. The van der Waals surface area contributed by atoms with Gasteiger partial charge in [-0.1, -0.05) is 0 Å². The highest BCUT2D eigenvalue weighted by Crippen LogP contribution is 2.34. The van der Waals surface area contributed by atoms with Gasteiger partial charge in [-0.2, -0.15) is 0 Å². The van der Waals surface area contributed by atoms with E-state index < -0.39 is 15.8 Å². The lowest BCUT2D eigenvalue weighted by Crippen LogP contribution is -2.31. The molecule has 0 aliphatic carbocycles. The molecule has 0 heterocycles. The summed E-state index contributed by atoms with van der Waals surface area (Å²) >= 11 is 0. The van der Waals surface area contributed by atoms with Crippen LogP contribution in [-0.2, 0) is 10.0 Å². The number of hydrogen-bond acceptors (Lipinski definition) is 4. The first-order valence-corrected chi connectivity index (χ1v) is 8.80. The van der Waals surface area contributed by atoms with E-state index in [0.717, 1.165) is 0 Å². The second-order valence-corrected chi connectivity index (χ2v) is 6.95. The number of benzene rings is 2. The van der Waals surface area contributed by atoms with E-state index in [4.69, 9.17) is 9.47 Å². The van der Waals surface area contributed by atoms with Crippen molar-refractivity contribution in [2.75, 3.05) is 25.1 Å². The molecule has 0 saturated carbocycles. The van der Waals surface area contributed by atoms with Crippen molar-refractivity contribution in [1.29, 1.82) is 0 Å². The van der Waals surface area contributed by atoms with Crippen molar-refractivity contribution < 1.29 is 22.3 Å². The summed E-state index contributed by atoms with van der Waals surface area (Å²) in [5.41, 5.74) is 0.932. The van der Waals surface area contributed by atoms with Crippen LogP contribution in [0.25, 0.3) is 0 Å². The molecule has 0 aliphatic heterocycles. The number of sulfonamides is 1. The van der Waals surface area contributed by atoms with Crippen molar-refractivity contribution in [3.05, 3.63) is 47.8 Å². The lowest BCUT2D eigenvalue weighted by Gasteiger charge is -2.24. The van der Waals surface area contributed by atoms with Gasteiger partial charge in [0.15, 0.2) is 11.5 Å². The fraction of sp³-hybridized carbons (Fsp3) is 0.294. The summed E-state index contributed by atoms with van der Waals surface area (Å²) in [5, 5.41) is 0. The Balaban J connectivity index is 2.58. The molecule has 5 nitrogen and oxygen atoms in total. The Morgan fingerprint density at radius 3 is 2.08 bits per heavy atom. The van der Waals surface area contributed by atoms with E-state index in [1.807, 2.05) is 0 Å². The van der Waals surface area contributed by atoms with Crippen LogP contribution in [0.1, 0.15) is 12.5 Å². The molecule has 130 valence electrons. The molecule has 0 atom stereocenters. The number of ether oxygens (including phenoxy) is 2. The third-order valence-corrected chi connectivity index (χ3v) is 5.70. The number of rotatable bonds is 6. The van der Waals surface area contributed by atoms with Crippen molar-refractivity contribution in [2.45, 2.75) is 18.7 Å². The molecule has 0 aromatic heterocycles. The lowest BCUT2D eigenvalue weighted by atomic mass is 10.2. The van der Waals surface area contributed by atoms with E-state index in [9.17, 15) is 12.8 Å². The van der Waals surface area contributed by atoms with E-state index >= 15 is 0 Å². The molecular weight excluding hydrogens is 333 g/mol. The minimum atomic E-state index is -3.83. The van der Waals surface area contributed by atoms with Crippen LogP contribution in [0.3, 0.4) is 0 Å². The molecule has 0 saturated heterocycles. The molecule has 0 radical (unpaired) electrons. The predicted molar refractivity (Wildman–Crippen MR) is 90.9 cm³/mol. The topological polar surface area (TPSA) is 55.8 Å². The fourth-order valence-electron chi connectivity index (χ4n) is 2.46. The second kappa shape index (κ2) is 7.09. The van der Waals surface area contributed by atoms with Crippen molar-refractivity contribution in [3.63, 3.8) is 0 Å². The molecule has 7 heteroatoms. The lowest BCUT2D eigenvalue weighted by molar-refractivity contribution is 0.353. The molecule has 0 N–H and O–H groups in total. The molecule has 0 aliphatic rings. The summed E-state index contributed by atoms with van der Waals surface area (Å²) in [6, 6.07) is 8.39. The first-order chi connectivity index (χ1) is 11.3. The van der Waals surface area contributed by atoms with E-state index in [1.54, 1.807) is 19.9 Å². The molecule has 2 rings (SSSR count). The summed E-state index contributed by atoms with van der Waals surface area (Å²) in [6.07, 6.45) is 0. The second-order valence-electron chi connectivity index (χ2n) is 5.12. The van der Waals surface area contributed by atoms with Gasteiger partial charge in [0.25, 0.3) is 10.0 Å². The van der Waals surface area contributed by atoms with Gasteiger partial charge < -0.3 is 9.47 Å². The Morgan fingerprint density at radius 2 is 1.58 bits per heavy atom. The van der Waals surface area contributed by atoms with Crippen LogP contribution in [0.5, 0.6) is 11.5 Å². The van der Waals surface area contributed by atoms with Crippen molar-refractivity contribution in [3.8, 4) is 11.5 Å². The summed E-state index contributed by atoms with van der Waals surface area (Å²) in [7, 11) is -0.896. The Kier molecular flexibility index (Phi) is 5.33. The minimum Gasteiger partial charge on any atom is -0.493 e. The maximum absolute atomic E-state index is 13.1. The van der Waals surface area contributed by atoms with Gasteiger partial charge in [-0.25, -0.2) is 12.8 Å². The molecule has 0 bridgehead atoms. The van der Waals surface area contributed by atoms with E-state index in [-0.39, 0.29) is 11.4 Å². The van der Waals surface area contributed by atoms with Gasteiger partial charge in [0.2, 0.25) is 0 Å². The maximum Gasteiger partial charge on any atom is 0.264 e. The molecule has 0 amide bonds. The first-order valence-electron chi connectivity index (χ1n) is 7.36. The van der Waals surface area contributed by atoms with Gasteiger partial charge in [0.05, 0.1) is 24.8 Å². The largest absolute Gasteiger partial charge is 0.493 e. The number of anilines is 1. The van der Waals surface area contributed by atoms with E-state index in [1.165, 1.54) is 48.9 Å². The zero-order valence-corrected chi connectivity index (χ0v) is 14.9. The van der Waals surface area contributed by atoms with Crippen LogP contribution in [0.2, 0.25) is 0 Å². The summed E-state index contributed by atoms with van der Waals surface area (Å²) < 4.78 is 50.9. The van der Waals surface area contributed by atoms with Crippen molar-refractivity contribution in [1.82, 2.24) is 0 Å². The van der Waals surface area contributed by atoms with Crippen LogP contribution >= 0.6 is 0 Å². The normalized spacial score (nSPS) is 11.2. The molecule has 2 aromatic carbocycles. The van der Waals surface area contributed by atoms with Gasteiger partial charge in [0, 0.05) is 12.6 Å². The molecule has 24 heavy (non-hydrogen) atoms. The summed E-state index contributed by atoms with van der Waals surface area (Å²) in [6.45, 7) is 3.62. The molecule has 0 unspecified atom stereocenters. The summed E-state index contributed by atoms with van der Waals surface area (Å²) in [4.78, 5) is 0.117. The average molecular weight is 353 g/mol. The van der Waals surface area contributed by atoms with Crippen molar-refractivity contribution in [2.24, 2.45) is 0 Å². The quantitative estimate of drug-likeness (QED) is 0.799. The fourth-order valence-corrected chi connectivity index (χ4v) is 4.16. The maximum atomic E-state index is 13.1. The third-order valence-electron chi connectivity index (χ3n) is 3.65. The Morgan fingerprint density at radius 1 is 1.04 bits per heavy atom. The van der Waals surface area contributed by atoms with Crippen LogP contribution in [0.15, 0.2) is 41.3 Å². The molecule has 0 spiro atoms. The number of hydrogen-bond donors (Lipinski definition) is 0. The highest BCUT2D eigenvalue weighted by Gasteiger charge is 2.27. The standard InChI is InChI=1S/C17H20FNO4S/c1-5-19(14-8-6-13(18)7-9-14)24(20,21)17-11-16(23-4)15(22-3)10-12(17)2/h6-11H,5H2,1-4H3. The summed E-state index contributed by atoms with van der Waals surface area (Å²) in [5.74, 6) is 0.366. The molecule has 0 fully saturated rings. The van der Waals surface area contributed by atoms with Gasteiger partial charge in [-0.05, 0) is 49.7 Å². The van der Waals surface area contributed by atoms with E-state index in [0.29, 0.717) is 22.7 Å². The Bertz CT molecular complexity index is 819. The van der Waals surface area contributed by atoms with Crippen LogP contribution in [0, 0.1) is 12.7 Å². The number of halogens is 1. The molecular formula is C17H20FNO4S. The van der Waals surface area contributed by atoms with Crippen LogP contribution in [0.4, 0.5) is 10.1 Å². The average Bonchev–Trinajstić information content (AvgIpc) is 2.56. The minimum absolute atomic E-state index is 0.117. The first kappa shape index (κ1) is 18.1. The smallest absolute Gasteiger partial charge is 0.264 e. The zero-order valence-electron chi connectivity index (χ0n) is 14.0. The number of aryl methyl sites for hydroxylation is 1. The molecule has 2 aromatic rings. The van der Waals surface area contributed by atoms with Gasteiger partial charge >= 0.3 is 0 Å². The van der Waals surface area contributed by atoms with Crippen molar-refractivity contribution >= 4 is 15.7 Å². The van der Waals surface area contributed by atoms with E-state index in [2.05, 4.69) is 0 Å². The third kappa shape index (κ3) is 3.31. The monoisotopic (exact) mass is 353 g/mol. The SMILES string of the molecule is CCN(c1ccc(F)cc1)S(=O)(=O)c1cc(OC)c(OC)cc1C. The van der Waals surface area contributed by atoms with Gasteiger partial charge in [-0.3, -0.25) is 4.31 Å². The van der Waals surface area contributed by atoms with Crippen LogP contribution in [-0.4, -0.2) is 29.2 Å². The van der Waals surface area contributed by atoms with Gasteiger partial charge in [-0.15, -0.1) is 0 Å². The number of methoxy groups -OCH3 is 2. The van der Waals surface area contributed by atoms with Crippen LogP contribution < -0.4 is 13.8 Å². The zero-order chi connectivity index (χ0) is 17.9. The number of nitrogens with zero attached hydrogens (tertiary/aromatic N) is 1. The Labute approximate surface area is 141 Å². The highest BCUT2D eigenvalue weighted by atomic mass is 32.2.